The first-order chi connectivity index (χ1) is 9.27. The Labute approximate surface area is 128 Å². The highest BCUT2D eigenvalue weighted by Gasteiger charge is 2.22. The summed E-state index contributed by atoms with van der Waals surface area (Å²) >= 11 is 3.33. The van der Waals surface area contributed by atoms with Crippen LogP contribution >= 0.6 is 22.7 Å². The molecular weight excluding hydrogens is 288 g/mol. The lowest BCUT2D eigenvalue weighted by atomic mass is 9.98. The molecule has 1 N–H and O–H groups in total. The average Bonchev–Trinajstić information content (AvgIpc) is 2.91. The van der Waals surface area contributed by atoms with Crippen LogP contribution < -0.4 is 5.32 Å². The Bertz CT molecular complexity index is 578. The summed E-state index contributed by atoms with van der Waals surface area (Å²) in [5, 5.41) is 14.8. The molecule has 0 radical (unpaired) electrons. The maximum Gasteiger partial charge on any atom is 0.206 e. The quantitative estimate of drug-likeness (QED) is 0.913. The molecule has 0 bridgehead atoms. The number of thiazole rings is 1. The van der Waals surface area contributed by atoms with Crippen molar-refractivity contribution in [2.45, 2.75) is 47.0 Å². The van der Waals surface area contributed by atoms with E-state index >= 15 is 0 Å². The van der Waals surface area contributed by atoms with Crippen LogP contribution in [0.2, 0.25) is 0 Å². The van der Waals surface area contributed by atoms with Crippen LogP contribution in [0.1, 0.15) is 45.3 Å². The standard InChI is InChI=1S/C14H22N4S2/c1-8(2)7-15-13-18-17-11(20-13)10-9(3)16-12(19-10)14(4,5)6/h8H,7H2,1-6H3,(H,15,18). The Morgan fingerprint density at radius 2 is 1.85 bits per heavy atom. The Hall–Kier alpha value is -1.01. The smallest absolute Gasteiger partial charge is 0.206 e. The molecule has 0 fully saturated rings. The van der Waals surface area contributed by atoms with E-state index in [4.69, 9.17) is 0 Å². The molecule has 2 aromatic heterocycles. The first-order valence-electron chi connectivity index (χ1n) is 6.83. The molecular formula is C14H22N4S2. The molecule has 0 unspecified atom stereocenters. The van der Waals surface area contributed by atoms with Crippen molar-refractivity contribution in [3.63, 3.8) is 0 Å². The van der Waals surface area contributed by atoms with E-state index in [9.17, 15) is 0 Å². The number of aromatic nitrogens is 3. The van der Waals surface area contributed by atoms with Crippen LogP contribution in [0.25, 0.3) is 9.88 Å². The van der Waals surface area contributed by atoms with Gasteiger partial charge in [-0.05, 0) is 12.8 Å². The summed E-state index contributed by atoms with van der Waals surface area (Å²) in [6.07, 6.45) is 0. The lowest BCUT2D eigenvalue weighted by molar-refractivity contribution is 0.584. The van der Waals surface area contributed by atoms with E-state index < -0.39 is 0 Å². The molecule has 0 atom stereocenters. The molecule has 0 aromatic carbocycles. The number of hydrogen-bond acceptors (Lipinski definition) is 6. The summed E-state index contributed by atoms with van der Waals surface area (Å²) in [4.78, 5) is 5.82. The van der Waals surface area contributed by atoms with Gasteiger partial charge in [-0.25, -0.2) is 4.98 Å². The van der Waals surface area contributed by atoms with Gasteiger partial charge in [0.1, 0.15) is 0 Å². The Balaban J connectivity index is 2.22. The monoisotopic (exact) mass is 310 g/mol. The Kier molecular flexibility index (Phi) is 4.44. The van der Waals surface area contributed by atoms with Crippen LogP contribution in [-0.4, -0.2) is 21.7 Å². The minimum Gasteiger partial charge on any atom is -0.360 e. The maximum absolute atomic E-state index is 4.68. The van der Waals surface area contributed by atoms with Gasteiger partial charge in [0, 0.05) is 12.0 Å². The fourth-order valence-electron chi connectivity index (χ4n) is 1.59. The zero-order valence-corrected chi connectivity index (χ0v) is 14.6. The predicted octanol–water partition coefficient (Wildman–Crippen LogP) is 4.34. The first-order valence-corrected chi connectivity index (χ1v) is 8.46. The number of anilines is 1. The van der Waals surface area contributed by atoms with Crippen molar-refractivity contribution >= 4 is 27.8 Å². The van der Waals surface area contributed by atoms with E-state index in [1.54, 1.807) is 22.7 Å². The van der Waals surface area contributed by atoms with Gasteiger partial charge < -0.3 is 5.32 Å². The van der Waals surface area contributed by atoms with Crippen molar-refractivity contribution < 1.29 is 0 Å². The van der Waals surface area contributed by atoms with Crippen molar-refractivity contribution in [1.29, 1.82) is 0 Å². The van der Waals surface area contributed by atoms with E-state index in [-0.39, 0.29) is 5.41 Å². The summed E-state index contributed by atoms with van der Waals surface area (Å²) in [7, 11) is 0. The number of nitrogens with one attached hydrogen (secondary N) is 1. The van der Waals surface area contributed by atoms with Crippen LogP contribution in [0.5, 0.6) is 0 Å². The van der Waals surface area contributed by atoms with Crippen LogP contribution in [0.3, 0.4) is 0 Å². The van der Waals surface area contributed by atoms with E-state index in [0.717, 1.165) is 32.3 Å². The Morgan fingerprint density at radius 3 is 2.40 bits per heavy atom. The second-order valence-corrected chi connectivity index (χ2v) is 8.35. The number of rotatable bonds is 4. The minimum absolute atomic E-state index is 0.0804. The average molecular weight is 310 g/mol. The van der Waals surface area contributed by atoms with Crippen LogP contribution in [0.15, 0.2) is 0 Å². The second-order valence-electron chi connectivity index (χ2n) is 6.37. The topological polar surface area (TPSA) is 50.7 Å². The normalized spacial score (nSPS) is 12.2. The van der Waals surface area contributed by atoms with Crippen LogP contribution in [-0.2, 0) is 5.41 Å². The molecule has 0 spiro atoms. The Morgan fingerprint density at radius 1 is 1.15 bits per heavy atom. The lowest BCUT2D eigenvalue weighted by Gasteiger charge is -2.13. The fourth-order valence-corrected chi connectivity index (χ4v) is 3.59. The highest BCUT2D eigenvalue weighted by Crippen LogP contribution is 2.37. The molecule has 0 aliphatic heterocycles. The van der Waals surface area contributed by atoms with Gasteiger partial charge in [-0.2, -0.15) is 0 Å². The molecule has 6 heteroatoms. The summed E-state index contributed by atoms with van der Waals surface area (Å²) in [6, 6.07) is 0. The van der Waals surface area contributed by atoms with Crippen molar-refractivity contribution in [3.05, 3.63) is 10.7 Å². The fraction of sp³-hybridized carbons (Fsp3) is 0.643. The SMILES string of the molecule is Cc1nc(C(C)(C)C)sc1-c1nnc(NCC(C)C)s1. The van der Waals surface area contributed by atoms with Gasteiger partial charge >= 0.3 is 0 Å². The molecule has 0 amide bonds. The summed E-state index contributed by atoms with van der Waals surface area (Å²) in [6.45, 7) is 13.9. The third-order valence-electron chi connectivity index (χ3n) is 2.72. The molecule has 0 saturated carbocycles. The molecule has 0 aliphatic rings. The summed E-state index contributed by atoms with van der Waals surface area (Å²) in [5.41, 5.74) is 1.13. The van der Waals surface area contributed by atoms with Gasteiger partial charge in [0.05, 0.1) is 15.6 Å². The molecule has 2 rings (SSSR count). The minimum atomic E-state index is 0.0804. The number of nitrogens with zero attached hydrogens (tertiary/aromatic N) is 3. The van der Waals surface area contributed by atoms with Crippen molar-refractivity contribution in [2.75, 3.05) is 11.9 Å². The van der Waals surface area contributed by atoms with E-state index in [1.165, 1.54) is 0 Å². The predicted molar refractivity (Wildman–Crippen MR) is 87.8 cm³/mol. The molecule has 4 nitrogen and oxygen atoms in total. The van der Waals surface area contributed by atoms with E-state index in [0.29, 0.717) is 5.92 Å². The van der Waals surface area contributed by atoms with Crippen molar-refractivity contribution in [3.8, 4) is 9.88 Å². The number of hydrogen-bond donors (Lipinski definition) is 1. The zero-order valence-electron chi connectivity index (χ0n) is 12.9. The number of aryl methyl sites for hydroxylation is 1. The molecule has 20 heavy (non-hydrogen) atoms. The van der Waals surface area contributed by atoms with E-state index in [2.05, 4.69) is 55.1 Å². The lowest BCUT2D eigenvalue weighted by Crippen LogP contribution is -2.10. The highest BCUT2D eigenvalue weighted by atomic mass is 32.1. The van der Waals surface area contributed by atoms with Gasteiger partial charge in [0.15, 0.2) is 5.01 Å². The van der Waals surface area contributed by atoms with Crippen LogP contribution in [0, 0.1) is 12.8 Å². The van der Waals surface area contributed by atoms with Gasteiger partial charge in [-0.3, -0.25) is 0 Å². The maximum atomic E-state index is 4.68. The molecule has 110 valence electrons. The third-order valence-corrected chi connectivity index (χ3v) is 5.34. The van der Waals surface area contributed by atoms with E-state index in [1.807, 2.05) is 6.92 Å². The zero-order chi connectivity index (χ0) is 14.9. The molecule has 2 heterocycles. The summed E-state index contributed by atoms with van der Waals surface area (Å²) < 4.78 is 0. The van der Waals surface area contributed by atoms with Crippen LogP contribution in [0.4, 0.5) is 5.13 Å². The largest absolute Gasteiger partial charge is 0.360 e. The second kappa shape index (κ2) is 5.77. The van der Waals surface area contributed by atoms with Gasteiger partial charge in [-0.15, -0.1) is 21.5 Å². The molecule has 2 aromatic rings. The third kappa shape index (κ3) is 3.55. The highest BCUT2D eigenvalue weighted by molar-refractivity contribution is 7.23. The van der Waals surface area contributed by atoms with Gasteiger partial charge in [-0.1, -0.05) is 46.0 Å². The molecule has 0 aliphatic carbocycles. The summed E-state index contributed by atoms with van der Waals surface area (Å²) in [5.74, 6) is 0.597. The van der Waals surface area contributed by atoms with Crippen molar-refractivity contribution in [1.82, 2.24) is 15.2 Å². The molecule has 0 saturated heterocycles. The van der Waals surface area contributed by atoms with Gasteiger partial charge in [0.25, 0.3) is 0 Å². The van der Waals surface area contributed by atoms with Gasteiger partial charge in [0.2, 0.25) is 5.13 Å². The van der Waals surface area contributed by atoms with Crippen molar-refractivity contribution in [2.24, 2.45) is 5.92 Å². The first kappa shape index (κ1) is 15.4.